The molecule has 3 rings (SSSR count). The van der Waals surface area contributed by atoms with E-state index in [0.29, 0.717) is 5.82 Å². The minimum absolute atomic E-state index is 0.0902. The fraction of sp³-hybridized carbons (Fsp3) is 0.400. The van der Waals surface area contributed by atoms with E-state index in [0.717, 1.165) is 31.6 Å². The molecule has 9 nitrogen and oxygen atoms in total. The molecule has 0 bridgehead atoms. The molecule has 0 aliphatic carbocycles. The lowest BCUT2D eigenvalue weighted by atomic mass is 10.1. The van der Waals surface area contributed by atoms with Crippen molar-refractivity contribution < 1.29 is 17.9 Å². The van der Waals surface area contributed by atoms with Crippen LogP contribution in [-0.2, 0) is 29.5 Å². The topological polar surface area (TPSA) is 129 Å². The Morgan fingerprint density at radius 1 is 1.36 bits per heavy atom. The van der Waals surface area contributed by atoms with E-state index in [2.05, 4.69) is 15.5 Å². The van der Waals surface area contributed by atoms with Gasteiger partial charge in [-0.2, -0.15) is 0 Å². The summed E-state index contributed by atoms with van der Waals surface area (Å²) >= 11 is 0. The second kappa shape index (κ2) is 6.81. The maximum Gasteiger partial charge on any atom is 0.255 e. The van der Waals surface area contributed by atoms with E-state index in [1.807, 2.05) is 4.57 Å². The average Bonchev–Trinajstić information content (AvgIpc) is 3.01. The van der Waals surface area contributed by atoms with E-state index >= 15 is 0 Å². The molecule has 1 aliphatic heterocycles. The molecule has 0 saturated heterocycles. The number of amides is 1. The van der Waals surface area contributed by atoms with E-state index in [9.17, 15) is 13.2 Å². The number of benzene rings is 1. The smallest absolute Gasteiger partial charge is 0.255 e. The Hall–Kier alpha value is -2.46. The number of rotatable bonds is 5. The monoisotopic (exact) mass is 365 g/mol. The normalized spacial score (nSPS) is 14.0. The van der Waals surface area contributed by atoms with Gasteiger partial charge in [0.15, 0.2) is 5.82 Å². The van der Waals surface area contributed by atoms with Crippen LogP contribution in [0.1, 0.15) is 34.8 Å². The van der Waals surface area contributed by atoms with Crippen molar-refractivity contribution in [3.05, 3.63) is 35.4 Å². The molecule has 0 spiro atoms. The van der Waals surface area contributed by atoms with Gasteiger partial charge in [0, 0.05) is 13.0 Å². The molecule has 1 aliphatic rings. The number of ether oxygens (including phenoxy) is 1. The number of carbonyl (C=O) groups is 1. The van der Waals surface area contributed by atoms with Crippen LogP contribution in [-0.4, -0.2) is 36.2 Å². The minimum atomic E-state index is -3.92. The lowest BCUT2D eigenvalue weighted by Gasteiger charge is -2.15. The van der Waals surface area contributed by atoms with Crippen LogP contribution in [0.25, 0.3) is 0 Å². The summed E-state index contributed by atoms with van der Waals surface area (Å²) in [6, 6.07) is 3.89. The summed E-state index contributed by atoms with van der Waals surface area (Å²) in [5.74, 6) is 1.37. The number of sulfonamides is 1. The number of primary sulfonamides is 1. The third-order valence-corrected chi connectivity index (χ3v) is 5.00. The van der Waals surface area contributed by atoms with Crippen LogP contribution in [0.15, 0.2) is 23.1 Å². The van der Waals surface area contributed by atoms with Crippen molar-refractivity contribution in [1.82, 2.24) is 20.1 Å². The number of methoxy groups -OCH3 is 1. The Labute approximate surface area is 145 Å². The van der Waals surface area contributed by atoms with Gasteiger partial charge in [0.05, 0.1) is 24.1 Å². The molecule has 134 valence electrons. The van der Waals surface area contributed by atoms with Crippen molar-refractivity contribution in [2.24, 2.45) is 5.14 Å². The van der Waals surface area contributed by atoms with Crippen LogP contribution >= 0.6 is 0 Å². The van der Waals surface area contributed by atoms with Gasteiger partial charge in [-0.3, -0.25) is 4.79 Å². The number of nitrogens with two attached hydrogens (primary N) is 1. The van der Waals surface area contributed by atoms with E-state index in [1.54, 1.807) is 0 Å². The molecule has 0 atom stereocenters. The van der Waals surface area contributed by atoms with Gasteiger partial charge in [-0.25, -0.2) is 13.6 Å². The van der Waals surface area contributed by atoms with Gasteiger partial charge in [0.2, 0.25) is 10.0 Å². The average molecular weight is 365 g/mol. The highest BCUT2D eigenvalue weighted by Gasteiger charge is 2.19. The van der Waals surface area contributed by atoms with Crippen LogP contribution in [0.3, 0.4) is 0 Å². The van der Waals surface area contributed by atoms with E-state index < -0.39 is 15.9 Å². The van der Waals surface area contributed by atoms with Gasteiger partial charge in [-0.15, -0.1) is 10.2 Å². The van der Waals surface area contributed by atoms with E-state index in [-0.39, 0.29) is 22.8 Å². The fourth-order valence-electron chi connectivity index (χ4n) is 2.80. The Balaban J connectivity index is 1.80. The van der Waals surface area contributed by atoms with Crippen LogP contribution in [0.5, 0.6) is 5.75 Å². The number of hydrogen-bond donors (Lipinski definition) is 2. The number of aromatic nitrogens is 3. The van der Waals surface area contributed by atoms with Gasteiger partial charge in [0.25, 0.3) is 5.91 Å². The van der Waals surface area contributed by atoms with E-state index in [4.69, 9.17) is 9.88 Å². The van der Waals surface area contributed by atoms with Crippen molar-refractivity contribution in [3.63, 3.8) is 0 Å². The quantitative estimate of drug-likeness (QED) is 0.779. The molecular weight excluding hydrogens is 346 g/mol. The number of fused-ring (bicyclic) bond motifs is 1. The summed E-state index contributed by atoms with van der Waals surface area (Å²) in [7, 11) is -2.52. The van der Waals surface area contributed by atoms with E-state index in [1.165, 1.54) is 25.3 Å². The minimum Gasteiger partial charge on any atom is -0.496 e. The van der Waals surface area contributed by atoms with Gasteiger partial charge < -0.3 is 14.6 Å². The Bertz CT molecular complexity index is 907. The van der Waals surface area contributed by atoms with Crippen molar-refractivity contribution in [1.29, 1.82) is 0 Å². The van der Waals surface area contributed by atoms with Crippen molar-refractivity contribution in [2.45, 2.75) is 37.2 Å². The number of aryl methyl sites for hydroxylation is 1. The maximum atomic E-state index is 12.5. The number of carbonyl (C=O) groups excluding carboxylic acids is 1. The van der Waals surface area contributed by atoms with Crippen LogP contribution < -0.4 is 15.2 Å². The molecule has 1 amide bonds. The first kappa shape index (κ1) is 17.4. The zero-order chi connectivity index (χ0) is 18.0. The van der Waals surface area contributed by atoms with Crippen LogP contribution in [0, 0.1) is 0 Å². The molecule has 2 aromatic rings. The summed E-state index contributed by atoms with van der Waals surface area (Å²) in [6.07, 6.45) is 3.02. The summed E-state index contributed by atoms with van der Waals surface area (Å²) in [4.78, 5) is 12.3. The molecular formula is C15H19N5O4S. The van der Waals surface area contributed by atoms with Crippen molar-refractivity contribution >= 4 is 15.9 Å². The third kappa shape index (κ3) is 3.64. The summed E-state index contributed by atoms with van der Waals surface area (Å²) < 4.78 is 30.1. The molecule has 1 aromatic carbocycles. The molecule has 0 unspecified atom stereocenters. The van der Waals surface area contributed by atoms with Crippen LogP contribution in [0.2, 0.25) is 0 Å². The maximum absolute atomic E-state index is 12.5. The van der Waals surface area contributed by atoms with Gasteiger partial charge in [0.1, 0.15) is 11.6 Å². The summed E-state index contributed by atoms with van der Waals surface area (Å²) in [5, 5.41) is 16.1. The molecule has 25 heavy (non-hydrogen) atoms. The second-order valence-electron chi connectivity index (χ2n) is 5.73. The third-order valence-electron chi connectivity index (χ3n) is 4.09. The Kier molecular flexibility index (Phi) is 4.73. The highest BCUT2D eigenvalue weighted by atomic mass is 32.2. The molecule has 1 aromatic heterocycles. The first-order valence-electron chi connectivity index (χ1n) is 7.80. The first-order valence-corrected chi connectivity index (χ1v) is 9.35. The number of nitrogens with zero attached hydrogens (tertiary/aromatic N) is 3. The lowest BCUT2D eigenvalue weighted by molar-refractivity contribution is 0.0946. The molecule has 10 heteroatoms. The molecule has 0 radical (unpaired) electrons. The fourth-order valence-corrected chi connectivity index (χ4v) is 3.34. The van der Waals surface area contributed by atoms with Crippen LogP contribution in [0.4, 0.5) is 0 Å². The molecule has 0 fully saturated rings. The zero-order valence-corrected chi connectivity index (χ0v) is 14.5. The zero-order valence-electron chi connectivity index (χ0n) is 13.7. The SMILES string of the molecule is COc1ccc(S(N)(=O)=O)cc1C(=O)NCc1nnc2n1CCCC2. The highest BCUT2D eigenvalue weighted by molar-refractivity contribution is 7.89. The van der Waals surface area contributed by atoms with Crippen molar-refractivity contribution in [2.75, 3.05) is 7.11 Å². The second-order valence-corrected chi connectivity index (χ2v) is 7.29. The molecule has 3 N–H and O–H groups in total. The van der Waals surface area contributed by atoms with Crippen molar-refractivity contribution in [3.8, 4) is 5.75 Å². The largest absolute Gasteiger partial charge is 0.496 e. The summed E-state index contributed by atoms with van der Waals surface area (Å²) in [5.41, 5.74) is 0.0902. The number of hydrogen-bond acceptors (Lipinski definition) is 6. The Morgan fingerprint density at radius 3 is 2.88 bits per heavy atom. The van der Waals surface area contributed by atoms with Gasteiger partial charge >= 0.3 is 0 Å². The predicted molar refractivity (Wildman–Crippen MR) is 88.5 cm³/mol. The van der Waals surface area contributed by atoms with Gasteiger partial charge in [-0.05, 0) is 31.0 Å². The lowest BCUT2D eigenvalue weighted by Crippen LogP contribution is -2.26. The van der Waals surface area contributed by atoms with Gasteiger partial charge in [-0.1, -0.05) is 0 Å². The predicted octanol–water partition coefficient (Wildman–Crippen LogP) is 0.200. The standard InChI is InChI=1S/C15H19N5O4S/c1-24-12-6-5-10(25(16,22)23)8-11(12)15(21)17-9-14-19-18-13-4-2-3-7-20(13)14/h5-6,8H,2-4,7,9H2,1H3,(H,17,21)(H2,16,22,23). The highest BCUT2D eigenvalue weighted by Crippen LogP contribution is 2.22. The number of nitrogens with one attached hydrogen (secondary N) is 1. The Morgan fingerprint density at radius 2 is 2.16 bits per heavy atom. The molecule has 2 heterocycles. The first-order chi connectivity index (χ1) is 11.9. The summed E-state index contributed by atoms with van der Waals surface area (Å²) in [6.45, 7) is 1.02. The molecule has 0 saturated carbocycles.